The van der Waals surface area contributed by atoms with Crippen LogP contribution in [0.2, 0.25) is 0 Å². The second-order valence-electron chi connectivity index (χ2n) is 6.63. The fourth-order valence-electron chi connectivity index (χ4n) is 4.14. The zero-order valence-corrected chi connectivity index (χ0v) is 11.5. The summed E-state index contributed by atoms with van der Waals surface area (Å²) in [6.45, 7) is 5.46. The fraction of sp³-hybridized carbons (Fsp3) is 0.933. The van der Waals surface area contributed by atoms with Gasteiger partial charge in [-0.1, -0.05) is 13.3 Å². The summed E-state index contributed by atoms with van der Waals surface area (Å²) in [5.41, 5.74) is 0. The lowest BCUT2D eigenvalue weighted by Crippen LogP contribution is -2.44. The number of nitrogens with one attached hydrogen (secondary N) is 1. The fourth-order valence-corrected chi connectivity index (χ4v) is 4.14. The number of rotatable bonds is 2. The van der Waals surface area contributed by atoms with Gasteiger partial charge in [0.2, 0.25) is 5.91 Å². The molecule has 0 spiro atoms. The Morgan fingerprint density at radius 3 is 2.56 bits per heavy atom. The Labute approximate surface area is 110 Å². The van der Waals surface area contributed by atoms with Crippen LogP contribution in [0, 0.1) is 17.8 Å². The molecule has 0 aromatic heterocycles. The number of amides is 1. The third kappa shape index (κ3) is 2.42. The van der Waals surface area contributed by atoms with Gasteiger partial charge in [0.05, 0.1) is 0 Å². The molecule has 1 amide bonds. The highest BCUT2D eigenvalue weighted by atomic mass is 16.2. The largest absolute Gasteiger partial charge is 0.342 e. The molecule has 2 saturated heterocycles. The van der Waals surface area contributed by atoms with Gasteiger partial charge in [0.15, 0.2) is 0 Å². The molecule has 3 fully saturated rings. The zero-order valence-electron chi connectivity index (χ0n) is 11.5. The van der Waals surface area contributed by atoms with Gasteiger partial charge in [0.1, 0.15) is 0 Å². The number of fused-ring (bicyclic) bond motifs is 1. The van der Waals surface area contributed by atoms with Crippen molar-refractivity contribution in [1.29, 1.82) is 0 Å². The minimum atomic E-state index is 0.399. The highest BCUT2D eigenvalue weighted by Gasteiger charge is 2.38. The van der Waals surface area contributed by atoms with Crippen molar-refractivity contribution in [2.24, 2.45) is 17.8 Å². The van der Waals surface area contributed by atoms with Gasteiger partial charge in [-0.15, -0.1) is 0 Å². The number of hydrogen-bond acceptors (Lipinski definition) is 2. The predicted molar refractivity (Wildman–Crippen MR) is 72.2 cm³/mol. The predicted octanol–water partition coefficient (Wildman–Crippen LogP) is 2.02. The van der Waals surface area contributed by atoms with Crippen LogP contribution in [0.3, 0.4) is 0 Å². The van der Waals surface area contributed by atoms with Crippen molar-refractivity contribution in [1.82, 2.24) is 10.2 Å². The van der Waals surface area contributed by atoms with Crippen molar-refractivity contribution >= 4 is 5.91 Å². The molecule has 4 unspecified atom stereocenters. The molecule has 18 heavy (non-hydrogen) atoms. The summed E-state index contributed by atoms with van der Waals surface area (Å²) in [7, 11) is 0. The second kappa shape index (κ2) is 5.20. The highest BCUT2D eigenvalue weighted by molar-refractivity contribution is 5.77. The van der Waals surface area contributed by atoms with E-state index in [4.69, 9.17) is 0 Å². The lowest BCUT2D eigenvalue weighted by atomic mass is 9.90. The Kier molecular flexibility index (Phi) is 3.60. The number of likely N-dealkylation sites (tertiary alicyclic amines) is 1. The maximum absolute atomic E-state index is 12.4. The average molecular weight is 250 g/mol. The van der Waals surface area contributed by atoms with Crippen LogP contribution in [-0.2, 0) is 4.79 Å². The van der Waals surface area contributed by atoms with Crippen molar-refractivity contribution in [2.75, 3.05) is 19.6 Å². The lowest BCUT2D eigenvalue weighted by molar-refractivity contribution is -0.131. The Hall–Kier alpha value is -0.570. The molecular formula is C15H26N2O. The Morgan fingerprint density at radius 2 is 1.89 bits per heavy atom. The van der Waals surface area contributed by atoms with Crippen LogP contribution >= 0.6 is 0 Å². The van der Waals surface area contributed by atoms with Gasteiger partial charge in [0, 0.05) is 25.6 Å². The molecule has 1 saturated carbocycles. The molecule has 0 radical (unpaired) electrons. The molecule has 0 aromatic carbocycles. The average Bonchev–Trinajstić information content (AvgIpc) is 2.92. The quantitative estimate of drug-likeness (QED) is 0.813. The Balaban J connectivity index is 1.52. The second-order valence-corrected chi connectivity index (χ2v) is 6.63. The number of carbonyl (C=O) groups excluding carboxylic acids is 1. The van der Waals surface area contributed by atoms with Crippen molar-refractivity contribution in [3.8, 4) is 0 Å². The van der Waals surface area contributed by atoms with E-state index in [1.54, 1.807) is 0 Å². The first kappa shape index (κ1) is 12.5. The van der Waals surface area contributed by atoms with E-state index in [2.05, 4.69) is 17.1 Å². The van der Waals surface area contributed by atoms with Crippen LogP contribution in [0.25, 0.3) is 0 Å². The molecule has 0 aromatic rings. The van der Waals surface area contributed by atoms with Crippen LogP contribution in [-0.4, -0.2) is 36.5 Å². The summed E-state index contributed by atoms with van der Waals surface area (Å²) in [6, 6.07) is 0.423. The van der Waals surface area contributed by atoms with Gasteiger partial charge < -0.3 is 10.2 Å². The van der Waals surface area contributed by atoms with Gasteiger partial charge in [-0.2, -0.15) is 0 Å². The van der Waals surface area contributed by atoms with Gasteiger partial charge in [-0.05, 0) is 50.0 Å². The number of hydrogen-bond donors (Lipinski definition) is 1. The third-order valence-corrected chi connectivity index (χ3v) is 5.40. The molecule has 3 nitrogen and oxygen atoms in total. The molecule has 1 aliphatic carbocycles. The normalized spacial score (nSPS) is 39.9. The van der Waals surface area contributed by atoms with E-state index >= 15 is 0 Å². The minimum Gasteiger partial charge on any atom is -0.342 e. The summed E-state index contributed by atoms with van der Waals surface area (Å²) in [6.07, 6.45) is 7.36. The molecule has 2 aliphatic heterocycles. The van der Waals surface area contributed by atoms with Gasteiger partial charge >= 0.3 is 0 Å². The first-order valence-electron chi connectivity index (χ1n) is 7.75. The van der Waals surface area contributed by atoms with E-state index in [1.807, 2.05) is 0 Å². The third-order valence-electron chi connectivity index (χ3n) is 5.40. The molecule has 0 bridgehead atoms. The first-order chi connectivity index (χ1) is 8.74. The monoisotopic (exact) mass is 250 g/mol. The van der Waals surface area contributed by atoms with Crippen LogP contribution in [0.5, 0.6) is 0 Å². The summed E-state index contributed by atoms with van der Waals surface area (Å²) >= 11 is 0. The summed E-state index contributed by atoms with van der Waals surface area (Å²) in [5.74, 6) is 2.71. The van der Waals surface area contributed by atoms with Crippen LogP contribution in [0.4, 0.5) is 0 Å². The van der Waals surface area contributed by atoms with Gasteiger partial charge in [-0.3, -0.25) is 4.79 Å². The zero-order chi connectivity index (χ0) is 12.5. The van der Waals surface area contributed by atoms with E-state index < -0.39 is 0 Å². The smallest absolute Gasteiger partial charge is 0.224 e. The van der Waals surface area contributed by atoms with E-state index in [-0.39, 0.29) is 0 Å². The molecule has 4 atom stereocenters. The van der Waals surface area contributed by atoms with Gasteiger partial charge in [0.25, 0.3) is 0 Å². The molecular weight excluding hydrogens is 224 g/mol. The van der Waals surface area contributed by atoms with E-state index in [0.29, 0.717) is 17.9 Å². The van der Waals surface area contributed by atoms with Crippen molar-refractivity contribution < 1.29 is 4.79 Å². The first-order valence-corrected chi connectivity index (χ1v) is 7.75. The van der Waals surface area contributed by atoms with Crippen LogP contribution in [0.15, 0.2) is 0 Å². The molecule has 2 heterocycles. The number of carbonyl (C=O) groups is 1. The highest BCUT2D eigenvalue weighted by Crippen LogP contribution is 2.38. The SMILES string of the molecule is CC1CCCNC1CC(=O)N1CC2CCCC2C1. The minimum absolute atomic E-state index is 0.399. The standard InChI is InChI=1S/C15H26N2O/c1-11-4-3-7-16-14(11)8-15(18)17-9-12-5-2-6-13(12)10-17/h11-14,16H,2-10H2,1H3. The van der Waals surface area contributed by atoms with E-state index in [0.717, 1.165) is 37.9 Å². The van der Waals surface area contributed by atoms with E-state index in [9.17, 15) is 4.79 Å². The molecule has 1 N–H and O–H groups in total. The summed E-state index contributed by atoms with van der Waals surface area (Å²) in [5, 5.41) is 3.53. The lowest BCUT2D eigenvalue weighted by Gasteiger charge is -2.31. The Morgan fingerprint density at radius 1 is 1.17 bits per heavy atom. The molecule has 3 rings (SSSR count). The van der Waals surface area contributed by atoms with Crippen LogP contribution < -0.4 is 5.32 Å². The maximum atomic E-state index is 12.4. The van der Waals surface area contributed by atoms with Crippen molar-refractivity contribution in [3.05, 3.63) is 0 Å². The summed E-state index contributed by atoms with van der Waals surface area (Å²) < 4.78 is 0. The molecule has 102 valence electrons. The van der Waals surface area contributed by atoms with Crippen molar-refractivity contribution in [3.63, 3.8) is 0 Å². The molecule has 3 heteroatoms. The maximum Gasteiger partial charge on any atom is 0.224 e. The number of nitrogens with zero attached hydrogens (tertiary/aromatic N) is 1. The number of piperidine rings is 1. The Bertz CT molecular complexity index is 306. The summed E-state index contributed by atoms with van der Waals surface area (Å²) in [4.78, 5) is 14.5. The van der Waals surface area contributed by atoms with Gasteiger partial charge in [-0.25, -0.2) is 0 Å². The van der Waals surface area contributed by atoms with Crippen LogP contribution in [0.1, 0.15) is 45.4 Å². The van der Waals surface area contributed by atoms with Crippen molar-refractivity contribution in [2.45, 2.75) is 51.5 Å². The topological polar surface area (TPSA) is 32.3 Å². The van der Waals surface area contributed by atoms with E-state index in [1.165, 1.54) is 32.1 Å². The molecule has 3 aliphatic rings.